The smallest absolute Gasteiger partial charge is 0.0821 e. The molecule has 1 N–H and O–H groups in total. The van der Waals surface area contributed by atoms with E-state index in [0.717, 1.165) is 27.1 Å². The van der Waals surface area contributed by atoms with Crippen LogP contribution in [0.4, 0.5) is 11.4 Å². The highest BCUT2D eigenvalue weighted by Crippen LogP contribution is 2.29. The van der Waals surface area contributed by atoms with Crippen LogP contribution < -0.4 is 5.32 Å². The van der Waals surface area contributed by atoms with Crippen LogP contribution in [0.15, 0.2) is 65.3 Å². The van der Waals surface area contributed by atoms with Gasteiger partial charge in [0.05, 0.1) is 16.4 Å². The van der Waals surface area contributed by atoms with Gasteiger partial charge in [0.2, 0.25) is 0 Å². The molecule has 0 atom stereocenters. The molecule has 0 bridgehead atoms. The molecule has 4 heteroatoms. The molecule has 0 aliphatic carbocycles. The van der Waals surface area contributed by atoms with Crippen LogP contribution in [0.5, 0.6) is 0 Å². The first kappa shape index (κ1) is 12.9. The van der Waals surface area contributed by atoms with E-state index < -0.39 is 0 Å². The summed E-state index contributed by atoms with van der Waals surface area (Å²) in [7, 11) is 1.94. The first-order valence-electron chi connectivity index (χ1n) is 6.34. The summed E-state index contributed by atoms with van der Waals surface area (Å²) in [6.07, 6.45) is 1.81. The Morgan fingerprint density at radius 2 is 1.75 bits per heavy atom. The second-order valence-electron chi connectivity index (χ2n) is 4.54. The summed E-state index contributed by atoms with van der Waals surface area (Å²) < 4.78 is 2.86. The number of hydrogen-bond donors (Lipinski definition) is 1. The van der Waals surface area contributed by atoms with Crippen LogP contribution in [0.1, 0.15) is 0 Å². The first-order chi connectivity index (χ1) is 9.74. The predicted octanol–water partition coefficient (Wildman–Crippen LogP) is 4.59. The lowest BCUT2D eigenvalue weighted by Crippen LogP contribution is -1.95. The summed E-state index contributed by atoms with van der Waals surface area (Å²) in [5, 5.41) is 7.66. The van der Waals surface area contributed by atoms with Crippen molar-refractivity contribution < 1.29 is 0 Å². The SMILES string of the molecule is Cn1ncc(Br)c1-c1cccc(Nc2ccccc2)c1. The summed E-state index contributed by atoms with van der Waals surface area (Å²) in [4.78, 5) is 0. The lowest BCUT2D eigenvalue weighted by atomic mass is 10.1. The maximum atomic E-state index is 4.26. The highest BCUT2D eigenvalue weighted by atomic mass is 79.9. The molecule has 100 valence electrons. The Hall–Kier alpha value is -2.07. The van der Waals surface area contributed by atoms with Gasteiger partial charge < -0.3 is 5.32 Å². The van der Waals surface area contributed by atoms with E-state index in [1.807, 2.05) is 54.3 Å². The van der Waals surface area contributed by atoms with Crippen molar-refractivity contribution in [3.63, 3.8) is 0 Å². The van der Waals surface area contributed by atoms with Gasteiger partial charge in [-0.15, -0.1) is 0 Å². The Morgan fingerprint density at radius 3 is 2.45 bits per heavy atom. The van der Waals surface area contributed by atoms with E-state index in [0.29, 0.717) is 0 Å². The van der Waals surface area contributed by atoms with Crippen molar-refractivity contribution >= 4 is 27.3 Å². The van der Waals surface area contributed by atoms with E-state index in [9.17, 15) is 0 Å². The predicted molar refractivity (Wildman–Crippen MR) is 86.1 cm³/mol. The summed E-state index contributed by atoms with van der Waals surface area (Å²) in [5.74, 6) is 0. The molecule has 0 radical (unpaired) electrons. The third kappa shape index (κ3) is 2.60. The summed E-state index contributed by atoms with van der Waals surface area (Å²) in [6, 6.07) is 18.4. The highest BCUT2D eigenvalue weighted by Gasteiger charge is 2.09. The molecule has 0 amide bonds. The molecule has 0 unspecified atom stereocenters. The molecule has 3 nitrogen and oxygen atoms in total. The third-order valence-electron chi connectivity index (χ3n) is 3.09. The van der Waals surface area contributed by atoms with Crippen molar-refractivity contribution in [2.24, 2.45) is 7.05 Å². The average Bonchev–Trinajstić information content (AvgIpc) is 2.80. The van der Waals surface area contributed by atoms with Crippen LogP contribution in [0.3, 0.4) is 0 Å². The standard InChI is InChI=1S/C16H14BrN3/c1-20-16(15(17)11-18-20)12-6-5-9-14(10-12)19-13-7-3-2-4-8-13/h2-11,19H,1H3. The van der Waals surface area contributed by atoms with Gasteiger partial charge >= 0.3 is 0 Å². The van der Waals surface area contributed by atoms with Crippen molar-refractivity contribution in [1.82, 2.24) is 9.78 Å². The number of rotatable bonds is 3. The molecule has 20 heavy (non-hydrogen) atoms. The summed E-state index contributed by atoms with van der Waals surface area (Å²) in [6.45, 7) is 0. The Balaban J connectivity index is 1.94. The van der Waals surface area contributed by atoms with Gasteiger partial charge in [-0.05, 0) is 40.2 Å². The van der Waals surface area contributed by atoms with Gasteiger partial charge in [0.15, 0.2) is 0 Å². The molecule has 2 aromatic carbocycles. The van der Waals surface area contributed by atoms with Gasteiger partial charge in [-0.2, -0.15) is 5.10 Å². The fourth-order valence-electron chi connectivity index (χ4n) is 2.17. The summed E-state index contributed by atoms with van der Waals surface area (Å²) >= 11 is 3.54. The molecule has 1 heterocycles. The maximum absolute atomic E-state index is 4.26. The number of nitrogens with one attached hydrogen (secondary N) is 1. The minimum atomic E-state index is 0.997. The molecule has 0 aliphatic rings. The highest BCUT2D eigenvalue weighted by molar-refractivity contribution is 9.10. The number of aromatic nitrogens is 2. The Kier molecular flexibility index (Phi) is 3.56. The van der Waals surface area contributed by atoms with E-state index in [-0.39, 0.29) is 0 Å². The average molecular weight is 328 g/mol. The molecular formula is C16H14BrN3. The van der Waals surface area contributed by atoms with Crippen molar-refractivity contribution in [1.29, 1.82) is 0 Å². The maximum Gasteiger partial charge on any atom is 0.0821 e. The van der Waals surface area contributed by atoms with Gasteiger partial charge in [0.25, 0.3) is 0 Å². The van der Waals surface area contributed by atoms with Gasteiger partial charge in [-0.1, -0.05) is 30.3 Å². The summed E-state index contributed by atoms with van der Waals surface area (Å²) in [5.41, 5.74) is 4.33. The number of hydrogen-bond acceptors (Lipinski definition) is 2. The van der Waals surface area contributed by atoms with Crippen LogP contribution in [-0.4, -0.2) is 9.78 Å². The molecule has 0 aliphatic heterocycles. The zero-order valence-electron chi connectivity index (χ0n) is 11.0. The zero-order valence-corrected chi connectivity index (χ0v) is 12.6. The Bertz CT molecular complexity index is 700. The van der Waals surface area contributed by atoms with E-state index >= 15 is 0 Å². The van der Waals surface area contributed by atoms with Crippen LogP contribution in [-0.2, 0) is 7.05 Å². The quantitative estimate of drug-likeness (QED) is 0.762. The minimum absolute atomic E-state index is 0.997. The van der Waals surface area contributed by atoms with Crippen LogP contribution in [0.25, 0.3) is 11.3 Å². The Morgan fingerprint density at radius 1 is 1.00 bits per heavy atom. The van der Waals surface area contributed by atoms with E-state index in [2.05, 4.69) is 44.5 Å². The zero-order chi connectivity index (χ0) is 13.9. The molecule has 3 aromatic rings. The van der Waals surface area contributed by atoms with Crippen LogP contribution >= 0.6 is 15.9 Å². The number of anilines is 2. The number of para-hydroxylation sites is 1. The van der Waals surface area contributed by atoms with Crippen LogP contribution in [0, 0.1) is 0 Å². The number of benzene rings is 2. The minimum Gasteiger partial charge on any atom is -0.356 e. The van der Waals surface area contributed by atoms with Crippen molar-refractivity contribution in [3.05, 3.63) is 65.3 Å². The second-order valence-corrected chi connectivity index (χ2v) is 5.39. The van der Waals surface area contributed by atoms with Gasteiger partial charge in [0, 0.05) is 24.0 Å². The normalized spacial score (nSPS) is 10.5. The molecule has 0 fully saturated rings. The first-order valence-corrected chi connectivity index (χ1v) is 7.13. The molecule has 3 rings (SSSR count). The second kappa shape index (κ2) is 5.51. The Labute approximate surface area is 126 Å². The van der Waals surface area contributed by atoms with E-state index in [1.54, 1.807) is 0 Å². The molecule has 1 aromatic heterocycles. The fraction of sp³-hybridized carbons (Fsp3) is 0.0625. The van der Waals surface area contributed by atoms with Crippen LogP contribution in [0.2, 0.25) is 0 Å². The van der Waals surface area contributed by atoms with Gasteiger partial charge in [0.1, 0.15) is 0 Å². The molecule has 0 spiro atoms. The number of aryl methyl sites for hydroxylation is 1. The van der Waals surface area contributed by atoms with Crippen molar-refractivity contribution in [2.75, 3.05) is 5.32 Å². The van der Waals surface area contributed by atoms with Gasteiger partial charge in [-0.25, -0.2) is 0 Å². The largest absolute Gasteiger partial charge is 0.356 e. The topological polar surface area (TPSA) is 29.9 Å². The van der Waals surface area contributed by atoms with E-state index in [1.165, 1.54) is 0 Å². The molecule has 0 saturated heterocycles. The van der Waals surface area contributed by atoms with Crippen molar-refractivity contribution in [2.45, 2.75) is 0 Å². The molecular weight excluding hydrogens is 314 g/mol. The number of halogens is 1. The third-order valence-corrected chi connectivity index (χ3v) is 3.67. The van der Waals surface area contributed by atoms with Crippen molar-refractivity contribution in [3.8, 4) is 11.3 Å². The molecule has 0 saturated carbocycles. The fourth-order valence-corrected chi connectivity index (χ4v) is 2.74. The lowest BCUT2D eigenvalue weighted by molar-refractivity contribution is 0.776. The lowest BCUT2D eigenvalue weighted by Gasteiger charge is -2.09. The van der Waals surface area contributed by atoms with Gasteiger partial charge in [-0.3, -0.25) is 4.68 Å². The van der Waals surface area contributed by atoms with E-state index in [4.69, 9.17) is 0 Å². The monoisotopic (exact) mass is 327 g/mol. The number of nitrogens with zero attached hydrogens (tertiary/aromatic N) is 2.